The van der Waals surface area contributed by atoms with Crippen LogP contribution in [0.1, 0.15) is 32.3 Å². The zero-order chi connectivity index (χ0) is 38.0. The van der Waals surface area contributed by atoms with E-state index < -0.39 is 24.1 Å². The van der Waals surface area contributed by atoms with Crippen molar-refractivity contribution in [3.8, 4) is 17.8 Å². The average Bonchev–Trinajstić information content (AvgIpc) is 3.84. The Morgan fingerprint density at radius 2 is 1.36 bits per heavy atom. The van der Waals surface area contributed by atoms with Crippen LogP contribution in [0.4, 0.5) is 20.2 Å². The lowest BCUT2D eigenvalue weighted by molar-refractivity contribution is -0.117. The van der Waals surface area contributed by atoms with Gasteiger partial charge in [0.15, 0.2) is 12.2 Å². The van der Waals surface area contributed by atoms with Crippen molar-refractivity contribution in [1.29, 1.82) is 5.26 Å². The average molecular weight is 880 g/mol. The number of rotatable bonds is 10. The van der Waals surface area contributed by atoms with E-state index >= 15 is 0 Å². The Balaban J connectivity index is 0.000000402. The Hall–Kier alpha value is -2.91. The molecule has 2 atom stereocenters. The number of nitrogens with two attached hydrogens (primary N) is 1. The van der Waals surface area contributed by atoms with Crippen molar-refractivity contribution in [3.05, 3.63) is 80.3 Å². The number of furan rings is 2. The lowest BCUT2D eigenvalue weighted by atomic mass is 10.3. The summed E-state index contributed by atoms with van der Waals surface area (Å²) in [4.78, 5) is 29.8. The Labute approximate surface area is 324 Å². The number of halogens is 7. The molecule has 4 aromatic rings. The molecule has 3 N–H and O–H groups in total. The van der Waals surface area contributed by atoms with E-state index in [2.05, 4.69) is 31.2 Å². The van der Waals surface area contributed by atoms with E-state index in [4.69, 9.17) is 75.7 Å². The van der Waals surface area contributed by atoms with Crippen LogP contribution in [-0.4, -0.2) is 44.9 Å². The largest absolute Gasteiger partial charge is 0.468 e. The van der Waals surface area contributed by atoms with Crippen LogP contribution in [0, 0.1) is 23.2 Å². The van der Waals surface area contributed by atoms with E-state index in [1.165, 1.54) is 27.0 Å². The minimum absolute atomic E-state index is 0.0105. The first-order valence-electron chi connectivity index (χ1n) is 13.7. The predicted octanol–water partition coefficient (Wildman–Crippen LogP) is 9.86. The van der Waals surface area contributed by atoms with Gasteiger partial charge in [-0.1, -0.05) is 85.9 Å². The van der Waals surface area contributed by atoms with Crippen LogP contribution in [0.15, 0.2) is 45.6 Å². The topological polar surface area (TPSA) is 166 Å². The molecule has 0 spiro atoms. The van der Waals surface area contributed by atoms with Gasteiger partial charge in [-0.25, -0.2) is 0 Å². The van der Waals surface area contributed by atoms with Crippen molar-refractivity contribution in [3.63, 3.8) is 0 Å². The van der Waals surface area contributed by atoms with Crippen molar-refractivity contribution in [2.24, 2.45) is 0 Å². The van der Waals surface area contributed by atoms with E-state index in [1.54, 1.807) is 37.0 Å². The Bertz CT molecular complexity index is 1720. The van der Waals surface area contributed by atoms with Crippen molar-refractivity contribution < 1.29 is 36.7 Å². The van der Waals surface area contributed by atoms with Gasteiger partial charge in [0.2, 0.25) is 33.9 Å². The lowest BCUT2D eigenvalue weighted by Crippen LogP contribution is -2.21. The normalized spacial score (nSPS) is 11.2. The number of thioether (sulfide) groups is 2. The summed E-state index contributed by atoms with van der Waals surface area (Å²) in [5.41, 5.74) is 5.41. The van der Waals surface area contributed by atoms with Gasteiger partial charge < -0.3 is 29.4 Å². The molecular weight excluding hydrogens is 850 g/mol. The number of aromatic nitrogens is 2. The highest BCUT2D eigenvalue weighted by atomic mass is 79.9. The molecule has 0 saturated carbocycles. The first-order valence-corrected chi connectivity index (χ1v) is 18.7. The van der Waals surface area contributed by atoms with Crippen molar-refractivity contribution >= 4 is 107 Å². The van der Waals surface area contributed by atoms with E-state index in [9.17, 15) is 18.4 Å². The fraction of sp³-hybridized carbons (Fsp3) is 0.300. The molecule has 50 heavy (non-hydrogen) atoms. The van der Waals surface area contributed by atoms with Gasteiger partial charge in [-0.2, -0.15) is 24.0 Å². The Morgan fingerprint density at radius 3 is 1.76 bits per heavy atom. The SMILES string of the molecule is BrCc1ccco1.CC#N.CSC(=O)C(C)Oc1nc(F)c(Cl)c(N)c1Cl.CSC(=O)C(C)Oc1nc(F)c(Cl)c(NCc2ccco2)c1Cl. The van der Waals surface area contributed by atoms with Gasteiger partial charge in [-0.05, 0) is 50.6 Å². The number of pyridine rings is 2. The monoisotopic (exact) mass is 877 g/mol. The standard InChI is InChI=1S/C14H13Cl2FN2O3S.C9H9Cl2FN2O2S.C5H5BrO.C2H3N/c1-7(14(20)23-2)22-13-10(16)11(9(15)12(17)19-13)18-6-8-4-3-5-21-8;1-3(9(15)17-2)16-8-5(11)6(13)4(10)7(12)14-8;6-4-5-2-1-3-7-5;1-2-3/h3-5,7H,6H2,1-2H3,(H,18,19);3H,1-2H3,(H2,13,14);1-3H,4H2;1H3. The molecule has 0 aliphatic carbocycles. The summed E-state index contributed by atoms with van der Waals surface area (Å²) >= 11 is 28.6. The fourth-order valence-electron chi connectivity index (χ4n) is 3.06. The molecule has 4 heterocycles. The number of ether oxygens (including phenoxy) is 2. The number of nitrogens with one attached hydrogen (secondary N) is 1. The number of carbonyl (C=O) groups is 2. The number of anilines is 2. The second-order valence-electron chi connectivity index (χ2n) is 8.90. The maximum absolute atomic E-state index is 13.9. The highest BCUT2D eigenvalue weighted by Gasteiger charge is 2.23. The number of hydrogen-bond donors (Lipinski definition) is 2. The summed E-state index contributed by atoms with van der Waals surface area (Å²) in [6, 6.07) is 9.01. The summed E-state index contributed by atoms with van der Waals surface area (Å²) in [5.74, 6) is -0.807. The van der Waals surface area contributed by atoms with E-state index in [1.807, 2.05) is 12.1 Å². The molecule has 0 fully saturated rings. The molecule has 0 saturated heterocycles. The van der Waals surface area contributed by atoms with Gasteiger partial charge >= 0.3 is 0 Å². The molecule has 11 nitrogen and oxygen atoms in total. The highest BCUT2D eigenvalue weighted by molar-refractivity contribution is 9.08. The number of nitriles is 1. The third-order valence-corrected chi connectivity index (χ3v) is 8.87. The number of nitrogen functional groups attached to an aromatic ring is 1. The van der Waals surface area contributed by atoms with Crippen LogP contribution in [0.3, 0.4) is 0 Å². The molecule has 20 heteroatoms. The van der Waals surface area contributed by atoms with Crippen LogP contribution in [-0.2, 0) is 21.5 Å². The maximum Gasteiger partial charge on any atom is 0.238 e. The highest BCUT2D eigenvalue weighted by Crippen LogP contribution is 2.39. The molecule has 0 aliphatic rings. The third-order valence-electron chi connectivity index (χ3n) is 5.42. The zero-order valence-electron chi connectivity index (χ0n) is 26.9. The first kappa shape index (κ1) is 45.1. The number of hydrogen-bond acceptors (Lipinski definition) is 13. The molecule has 0 radical (unpaired) electrons. The van der Waals surface area contributed by atoms with Crippen molar-refractivity contribution in [1.82, 2.24) is 9.97 Å². The van der Waals surface area contributed by atoms with E-state index in [0.717, 1.165) is 34.6 Å². The zero-order valence-corrected chi connectivity index (χ0v) is 33.1. The smallest absolute Gasteiger partial charge is 0.238 e. The Kier molecular flexibility index (Phi) is 21.2. The fourth-order valence-corrected chi connectivity index (χ4v) is 5.00. The summed E-state index contributed by atoms with van der Waals surface area (Å²) in [6.45, 7) is 4.70. The third kappa shape index (κ3) is 14.4. The molecule has 2 unspecified atom stereocenters. The Morgan fingerprint density at radius 1 is 0.920 bits per heavy atom. The summed E-state index contributed by atoms with van der Waals surface area (Å²) in [6.07, 6.45) is 4.77. The van der Waals surface area contributed by atoms with Crippen LogP contribution >= 0.6 is 85.9 Å². The summed E-state index contributed by atoms with van der Waals surface area (Å²) < 4.78 is 47.6. The molecule has 0 aliphatic heterocycles. The van der Waals surface area contributed by atoms with Gasteiger partial charge in [-0.15, -0.1) is 0 Å². The summed E-state index contributed by atoms with van der Waals surface area (Å²) in [7, 11) is 0. The van der Waals surface area contributed by atoms with Crippen LogP contribution in [0.5, 0.6) is 11.8 Å². The predicted molar refractivity (Wildman–Crippen MR) is 199 cm³/mol. The first-order chi connectivity index (χ1) is 23.7. The molecule has 272 valence electrons. The molecule has 0 amide bonds. The quantitative estimate of drug-likeness (QED) is 0.114. The van der Waals surface area contributed by atoms with E-state index in [-0.39, 0.29) is 60.0 Å². The number of carbonyl (C=O) groups excluding carboxylic acids is 2. The van der Waals surface area contributed by atoms with Gasteiger partial charge in [0, 0.05) is 6.92 Å². The number of nitrogens with zero attached hydrogens (tertiary/aromatic N) is 3. The second-order valence-corrected chi connectivity index (χ2v) is 12.6. The van der Waals surface area contributed by atoms with Gasteiger partial charge in [0.05, 0.1) is 41.8 Å². The second kappa shape index (κ2) is 23.5. The van der Waals surface area contributed by atoms with E-state index in [0.29, 0.717) is 5.76 Å². The van der Waals surface area contributed by atoms with Gasteiger partial charge in [0.1, 0.15) is 31.6 Å². The summed E-state index contributed by atoms with van der Waals surface area (Å²) in [5, 5.41) is 9.77. The minimum atomic E-state index is -0.993. The van der Waals surface area contributed by atoms with Crippen LogP contribution in [0.25, 0.3) is 0 Å². The molecular formula is C30H30BrCl4F2N5O6S2. The molecule has 0 bridgehead atoms. The lowest BCUT2D eigenvalue weighted by Gasteiger charge is -2.16. The molecule has 0 aromatic carbocycles. The maximum atomic E-state index is 13.9. The van der Waals surface area contributed by atoms with Crippen LogP contribution < -0.4 is 20.5 Å². The molecule has 4 aromatic heterocycles. The van der Waals surface area contributed by atoms with Crippen LogP contribution in [0.2, 0.25) is 20.1 Å². The van der Waals surface area contributed by atoms with Crippen molar-refractivity contribution in [2.45, 2.75) is 44.9 Å². The van der Waals surface area contributed by atoms with Gasteiger partial charge in [0.25, 0.3) is 0 Å². The van der Waals surface area contributed by atoms with Gasteiger partial charge in [-0.3, -0.25) is 9.59 Å². The molecule has 4 rings (SSSR count). The number of alkyl halides is 1. The minimum Gasteiger partial charge on any atom is -0.468 e. The van der Waals surface area contributed by atoms with Crippen molar-refractivity contribution in [2.75, 3.05) is 23.6 Å².